The van der Waals surface area contributed by atoms with Crippen LogP contribution in [0.5, 0.6) is 0 Å². The van der Waals surface area contributed by atoms with E-state index in [0.717, 1.165) is 17.7 Å². The Kier molecular flexibility index (Phi) is 3.68. The number of aldehydes is 1. The third-order valence-corrected chi connectivity index (χ3v) is 3.14. The molecule has 3 heteroatoms. The molecule has 0 amide bonds. The van der Waals surface area contributed by atoms with E-state index in [1.807, 2.05) is 43.1 Å². The van der Waals surface area contributed by atoms with Gasteiger partial charge in [0, 0.05) is 23.3 Å². The van der Waals surface area contributed by atoms with Gasteiger partial charge in [-0.25, -0.2) is 0 Å². The molecule has 0 aliphatic rings. The van der Waals surface area contributed by atoms with Crippen LogP contribution in [0.15, 0.2) is 42.5 Å². The van der Waals surface area contributed by atoms with Gasteiger partial charge in [0.05, 0.1) is 5.69 Å². The SMILES string of the molecule is Cc1ccc(N(C)c2cc(Cl)ccc2C=O)cc1. The van der Waals surface area contributed by atoms with Crippen LogP contribution in [0.1, 0.15) is 15.9 Å². The molecule has 2 rings (SSSR count). The third kappa shape index (κ3) is 2.54. The Morgan fingerprint density at radius 3 is 2.39 bits per heavy atom. The highest BCUT2D eigenvalue weighted by atomic mass is 35.5. The molecular formula is C15H14ClNO. The lowest BCUT2D eigenvalue weighted by molar-refractivity contribution is 0.112. The zero-order chi connectivity index (χ0) is 13.1. The van der Waals surface area contributed by atoms with Crippen molar-refractivity contribution in [3.8, 4) is 0 Å². The van der Waals surface area contributed by atoms with Crippen molar-refractivity contribution in [2.45, 2.75) is 6.92 Å². The lowest BCUT2D eigenvalue weighted by Crippen LogP contribution is -2.11. The van der Waals surface area contributed by atoms with Crippen molar-refractivity contribution in [3.05, 3.63) is 58.6 Å². The average molecular weight is 260 g/mol. The average Bonchev–Trinajstić information content (AvgIpc) is 2.39. The van der Waals surface area contributed by atoms with Crippen LogP contribution in [0.4, 0.5) is 11.4 Å². The molecular weight excluding hydrogens is 246 g/mol. The van der Waals surface area contributed by atoms with Gasteiger partial charge in [0.1, 0.15) is 0 Å². The molecule has 0 spiro atoms. The van der Waals surface area contributed by atoms with Gasteiger partial charge in [-0.15, -0.1) is 0 Å². The largest absolute Gasteiger partial charge is 0.344 e. The fourth-order valence-electron chi connectivity index (χ4n) is 1.81. The number of hydrogen-bond donors (Lipinski definition) is 0. The lowest BCUT2D eigenvalue weighted by atomic mass is 10.1. The van der Waals surface area contributed by atoms with E-state index < -0.39 is 0 Å². The van der Waals surface area contributed by atoms with Crippen LogP contribution in [0, 0.1) is 6.92 Å². The minimum atomic E-state index is 0.620. The molecule has 0 unspecified atom stereocenters. The number of carbonyl (C=O) groups is 1. The van der Waals surface area contributed by atoms with Crippen molar-refractivity contribution in [2.24, 2.45) is 0 Å². The van der Waals surface area contributed by atoms with E-state index in [-0.39, 0.29) is 0 Å². The summed E-state index contributed by atoms with van der Waals surface area (Å²) in [6.07, 6.45) is 0.844. The molecule has 2 aromatic carbocycles. The number of aryl methyl sites for hydroxylation is 1. The summed E-state index contributed by atoms with van der Waals surface area (Å²) in [7, 11) is 1.92. The number of hydrogen-bond acceptors (Lipinski definition) is 2. The number of carbonyl (C=O) groups excluding carboxylic acids is 1. The Labute approximate surface area is 112 Å². The number of benzene rings is 2. The number of halogens is 1. The van der Waals surface area contributed by atoms with Gasteiger partial charge in [0.2, 0.25) is 0 Å². The summed E-state index contributed by atoms with van der Waals surface area (Å²) in [4.78, 5) is 13.0. The standard InChI is InChI=1S/C15H14ClNO/c1-11-3-7-14(8-4-11)17(2)15-9-13(16)6-5-12(15)10-18/h3-10H,1-2H3. The van der Waals surface area contributed by atoms with Gasteiger partial charge in [0.15, 0.2) is 6.29 Å². The van der Waals surface area contributed by atoms with Crippen molar-refractivity contribution >= 4 is 29.3 Å². The molecule has 0 bridgehead atoms. The maximum atomic E-state index is 11.1. The van der Waals surface area contributed by atoms with Crippen LogP contribution in [-0.2, 0) is 0 Å². The van der Waals surface area contributed by atoms with Gasteiger partial charge in [0.25, 0.3) is 0 Å². The normalized spacial score (nSPS) is 10.2. The van der Waals surface area contributed by atoms with Crippen molar-refractivity contribution in [1.82, 2.24) is 0 Å². The molecule has 0 saturated heterocycles. The molecule has 2 aromatic rings. The fourth-order valence-corrected chi connectivity index (χ4v) is 1.98. The molecule has 18 heavy (non-hydrogen) atoms. The Morgan fingerprint density at radius 1 is 1.11 bits per heavy atom. The second-order valence-electron chi connectivity index (χ2n) is 4.22. The minimum Gasteiger partial charge on any atom is -0.344 e. The van der Waals surface area contributed by atoms with Gasteiger partial charge in [-0.1, -0.05) is 29.3 Å². The topological polar surface area (TPSA) is 20.3 Å². The number of nitrogens with zero attached hydrogens (tertiary/aromatic N) is 1. The molecule has 0 aliphatic carbocycles. The predicted octanol–water partition coefficient (Wildman–Crippen LogP) is 4.23. The quantitative estimate of drug-likeness (QED) is 0.769. The molecule has 2 nitrogen and oxygen atoms in total. The lowest BCUT2D eigenvalue weighted by Gasteiger charge is -2.21. The summed E-state index contributed by atoms with van der Waals surface area (Å²) < 4.78 is 0. The minimum absolute atomic E-state index is 0.620. The maximum Gasteiger partial charge on any atom is 0.152 e. The number of anilines is 2. The van der Waals surface area contributed by atoms with Gasteiger partial charge >= 0.3 is 0 Å². The van der Waals surface area contributed by atoms with Gasteiger partial charge in [-0.3, -0.25) is 4.79 Å². The Bertz CT molecular complexity index is 563. The molecule has 0 saturated carbocycles. The fraction of sp³-hybridized carbons (Fsp3) is 0.133. The molecule has 0 atom stereocenters. The smallest absolute Gasteiger partial charge is 0.152 e. The van der Waals surface area contributed by atoms with E-state index >= 15 is 0 Å². The summed E-state index contributed by atoms with van der Waals surface area (Å²) in [5.41, 5.74) is 3.66. The third-order valence-electron chi connectivity index (χ3n) is 2.90. The van der Waals surface area contributed by atoms with E-state index in [1.165, 1.54) is 5.56 Å². The second-order valence-corrected chi connectivity index (χ2v) is 4.65. The summed E-state index contributed by atoms with van der Waals surface area (Å²) >= 11 is 5.99. The van der Waals surface area contributed by atoms with E-state index in [1.54, 1.807) is 18.2 Å². The first-order valence-electron chi connectivity index (χ1n) is 5.67. The van der Waals surface area contributed by atoms with Gasteiger partial charge in [-0.05, 0) is 37.3 Å². The Morgan fingerprint density at radius 2 is 1.78 bits per heavy atom. The van der Waals surface area contributed by atoms with Crippen molar-refractivity contribution in [3.63, 3.8) is 0 Å². The first-order valence-corrected chi connectivity index (χ1v) is 6.05. The Balaban J connectivity index is 2.44. The molecule has 0 radical (unpaired) electrons. The molecule has 0 heterocycles. The van der Waals surface area contributed by atoms with Crippen LogP contribution in [-0.4, -0.2) is 13.3 Å². The summed E-state index contributed by atoms with van der Waals surface area (Å²) in [5.74, 6) is 0. The zero-order valence-electron chi connectivity index (χ0n) is 10.4. The molecule has 0 aliphatic heterocycles. The predicted molar refractivity (Wildman–Crippen MR) is 76.1 cm³/mol. The van der Waals surface area contributed by atoms with E-state index in [2.05, 4.69) is 0 Å². The molecule has 0 N–H and O–H groups in total. The van der Waals surface area contributed by atoms with Gasteiger partial charge < -0.3 is 4.90 Å². The van der Waals surface area contributed by atoms with Crippen LogP contribution in [0.25, 0.3) is 0 Å². The van der Waals surface area contributed by atoms with Crippen LogP contribution >= 0.6 is 11.6 Å². The van der Waals surface area contributed by atoms with Crippen molar-refractivity contribution in [1.29, 1.82) is 0 Å². The number of rotatable bonds is 3. The molecule has 92 valence electrons. The summed E-state index contributed by atoms with van der Waals surface area (Å²) in [6.45, 7) is 2.04. The second kappa shape index (κ2) is 5.23. The Hall–Kier alpha value is -1.80. The first-order chi connectivity index (χ1) is 8.61. The van der Waals surface area contributed by atoms with Crippen LogP contribution < -0.4 is 4.90 Å². The van der Waals surface area contributed by atoms with Crippen LogP contribution in [0.3, 0.4) is 0 Å². The molecule has 0 fully saturated rings. The molecule has 0 aromatic heterocycles. The zero-order valence-corrected chi connectivity index (χ0v) is 11.1. The summed E-state index contributed by atoms with van der Waals surface area (Å²) in [6, 6.07) is 13.4. The maximum absolute atomic E-state index is 11.1. The summed E-state index contributed by atoms with van der Waals surface area (Å²) in [5, 5.41) is 0.620. The van der Waals surface area contributed by atoms with E-state index in [0.29, 0.717) is 10.6 Å². The first kappa shape index (κ1) is 12.7. The van der Waals surface area contributed by atoms with Crippen molar-refractivity contribution in [2.75, 3.05) is 11.9 Å². The highest BCUT2D eigenvalue weighted by molar-refractivity contribution is 6.31. The van der Waals surface area contributed by atoms with Gasteiger partial charge in [-0.2, -0.15) is 0 Å². The van der Waals surface area contributed by atoms with Crippen LogP contribution in [0.2, 0.25) is 5.02 Å². The highest BCUT2D eigenvalue weighted by Gasteiger charge is 2.09. The van der Waals surface area contributed by atoms with Crippen molar-refractivity contribution < 1.29 is 4.79 Å². The monoisotopic (exact) mass is 259 g/mol. The van der Waals surface area contributed by atoms with E-state index in [9.17, 15) is 4.79 Å². The highest BCUT2D eigenvalue weighted by Crippen LogP contribution is 2.29. The van der Waals surface area contributed by atoms with E-state index in [4.69, 9.17) is 11.6 Å².